The molecule has 13 heteroatoms. The lowest BCUT2D eigenvalue weighted by molar-refractivity contribution is -0.384. The number of phenols is 1. The number of hydrogen-bond acceptors (Lipinski definition) is 10. The number of nitro groups is 1. The lowest BCUT2D eigenvalue weighted by atomic mass is 10.0. The third kappa shape index (κ3) is 5.16. The number of fused-ring (bicyclic) bond motifs is 1. The van der Waals surface area contributed by atoms with Crippen LogP contribution in [0.25, 0.3) is 17.4 Å². The molecule has 0 radical (unpaired) electrons. The summed E-state index contributed by atoms with van der Waals surface area (Å²) in [6, 6.07) is 9.97. The molecule has 2 aromatic carbocycles. The van der Waals surface area contributed by atoms with Crippen molar-refractivity contribution in [1.82, 2.24) is 4.57 Å². The van der Waals surface area contributed by atoms with Gasteiger partial charge < -0.3 is 19.0 Å². The molecule has 0 saturated heterocycles. The molecule has 0 aliphatic carbocycles. The Labute approximate surface area is 250 Å². The van der Waals surface area contributed by atoms with Crippen molar-refractivity contribution in [2.75, 3.05) is 13.7 Å². The molecular weight excluding hydrogens is 630 g/mol. The van der Waals surface area contributed by atoms with E-state index in [2.05, 4.69) is 20.9 Å². The minimum atomic E-state index is -1.00. The van der Waals surface area contributed by atoms with Crippen molar-refractivity contribution in [3.63, 3.8) is 0 Å². The Hall–Kier alpha value is -4.49. The summed E-state index contributed by atoms with van der Waals surface area (Å²) in [5, 5.41) is 21.6. The van der Waals surface area contributed by atoms with Gasteiger partial charge in [0.05, 0.1) is 38.9 Å². The van der Waals surface area contributed by atoms with Gasteiger partial charge >= 0.3 is 5.97 Å². The molecule has 216 valence electrons. The van der Waals surface area contributed by atoms with Gasteiger partial charge in [-0.25, -0.2) is 9.79 Å². The number of rotatable bonds is 7. The number of aromatic nitrogens is 1. The van der Waals surface area contributed by atoms with Gasteiger partial charge in [-0.3, -0.25) is 19.5 Å². The molecule has 3 heterocycles. The summed E-state index contributed by atoms with van der Waals surface area (Å²) in [6.07, 6.45) is 1.64. The fourth-order valence-electron chi connectivity index (χ4n) is 4.68. The second-order valence-corrected chi connectivity index (χ2v) is 11.2. The highest BCUT2D eigenvalue weighted by molar-refractivity contribution is 9.10. The number of phenolic OH excluding ortho intramolecular Hbond substituents is 1. The lowest BCUT2D eigenvalue weighted by Crippen LogP contribution is -2.39. The molecule has 5 rings (SSSR count). The molecule has 0 fully saturated rings. The average molecular weight is 654 g/mol. The minimum absolute atomic E-state index is 0.0709. The topological polar surface area (TPSA) is 146 Å². The predicted molar refractivity (Wildman–Crippen MR) is 158 cm³/mol. The summed E-state index contributed by atoms with van der Waals surface area (Å²) in [5.41, 5.74) is 1.83. The summed E-state index contributed by atoms with van der Waals surface area (Å²) in [6.45, 7) is 5.25. The van der Waals surface area contributed by atoms with E-state index in [1.54, 1.807) is 57.2 Å². The molecule has 2 aromatic heterocycles. The number of nitro benzene ring substituents is 1. The number of aromatic hydroxyl groups is 1. The molecule has 1 N–H and O–H groups in total. The van der Waals surface area contributed by atoms with Crippen LogP contribution in [-0.2, 0) is 9.53 Å². The van der Waals surface area contributed by atoms with E-state index < -0.39 is 22.5 Å². The maximum absolute atomic E-state index is 13.9. The molecule has 0 amide bonds. The minimum Gasteiger partial charge on any atom is -0.503 e. The highest BCUT2D eigenvalue weighted by atomic mass is 79.9. The van der Waals surface area contributed by atoms with Crippen LogP contribution >= 0.6 is 27.3 Å². The number of non-ortho nitro benzene ring substituents is 1. The van der Waals surface area contributed by atoms with E-state index in [0.29, 0.717) is 36.4 Å². The first-order valence-corrected chi connectivity index (χ1v) is 14.3. The zero-order valence-corrected chi connectivity index (χ0v) is 25.2. The number of ether oxygens (including phenoxy) is 2. The molecule has 1 aliphatic heterocycles. The maximum Gasteiger partial charge on any atom is 0.338 e. The predicted octanol–water partition coefficient (Wildman–Crippen LogP) is 4.75. The number of esters is 1. The normalized spacial score (nSPS) is 14.9. The van der Waals surface area contributed by atoms with Crippen molar-refractivity contribution >= 4 is 45.0 Å². The van der Waals surface area contributed by atoms with Gasteiger partial charge in [0.15, 0.2) is 16.3 Å². The van der Waals surface area contributed by atoms with Crippen molar-refractivity contribution < 1.29 is 28.7 Å². The lowest BCUT2D eigenvalue weighted by Gasteiger charge is -2.22. The highest BCUT2D eigenvalue weighted by Gasteiger charge is 2.35. The smallest absolute Gasteiger partial charge is 0.338 e. The third-order valence-corrected chi connectivity index (χ3v) is 8.27. The van der Waals surface area contributed by atoms with E-state index in [9.17, 15) is 24.8 Å². The molecule has 0 saturated carbocycles. The SMILES string of the molecule is CCOC(=O)C1=C(C)N=c2s/c(=C\c3cc(Br)c(O)c(OC)c3)c(=O)n2[C@@H]1c1ccc(-c2cc([N+](=O)[O-])ccc2C)o1. The first-order chi connectivity index (χ1) is 20.0. The van der Waals surface area contributed by atoms with Gasteiger partial charge in [-0.1, -0.05) is 17.4 Å². The molecule has 11 nitrogen and oxygen atoms in total. The Morgan fingerprint density at radius 3 is 2.71 bits per heavy atom. The van der Waals surface area contributed by atoms with Crippen molar-refractivity contribution in [2.24, 2.45) is 4.99 Å². The summed E-state index contributed by atoms with van der Waals surface area (Å²) in [5.74, 6) is 0.108. The van der Waals surface area contributed by atoms with Crippen LogP contribution in [0.1, 0.15) is 36.8 Å². The highest BCUT2D eigenvalue weighted by Crippen LogP contribution is 2.37. The van der Waals surface area contributed by atoms with Gasteiger partial charge in [0, 0.05) is 17.7 Å². The molecule has 0 bridgehead atoms. The van der Waals surface area contributed by atoms with Crippen LogP contribution < -0.4 is 19.6 Å². The third-order valence-electron chi connectivity index (χ3n) is 6.68. The Balaban J connectivity index is 1.70. The van der Waals surface area contributed by atoms with Gasteiger partial charge in [0.25, 0.3) is 11.2 Å². The molecule has 1 atom stereocenters. The fourth-order valence-corrected chi connectivity index (χ4v) is 6.18. The second kappa shape index (κ2) is 11.4. The summed E-state index contributed by atoms with van der Waals surface area (Å²) < 4.78 is 18.9. The first-order valence-electron chi connectivity index (χ1n) is 12.6. The number of methoxy groups -OCH3 is 1. The fraction of sp³-hybridized carbons (Fsp3) is 0.207. The largest absolute Gasteiger partial charge is 0.503 e. The van der Waals surface area contributed by atoms with Gasteiger partial charge in [-0.15, -0.1) is 0 Å². The van der Waals surface area contributed by atoms with E-state index in [1.165, 1.54) is 23.8 Å². The monoisotopic (exact) mass is 653 g/mol. The number of hydrogen-bond donors (Lipinski definition) is 1. The van der Waals surface area contributed by atoms with E-state index in [4.69, 9.17) is 13.9 Å². The average Bonchev–Trinajstić information content (AvgIpc) is 3.55. The molecule has 42 heavy (non-hydrogen) atoms. The summed E-state index contributed by atoms with van der Waals surface area (Å²) in [7, 11) is 1.42. The van der Waals surface area contributed by atoms with E-state index in [0.717, 1.165) is 16.9 Å². The van der Waals surface area contributed by atoms with Gasteiger partial charge in [-0.2, -0.15) is 0 Å². The number of furan rings is 1. The van der Waals surface area contributed by atoms with E-state index in [-0.39, 0.29) is 35.1 Å². The molecular formula is C29H24BrN3O8S. The Morgan fingerprint density at radius 2 is 2.02 bits per heavy atom. The van der Waals surface area contributed by atoms with Gasteiger partial charge in [0.2, 0.25) is 0 Å². The number of benzene rings is 2. The molecule has 0 spiro atoms. The second-order valence-electron chi connectivity index (χ2n) is 9.31. The van der Waals surface area contributed by atoms with Crippen molar-refractivity contribution in [2.45, 2.75) is 26.8 Å². The number of aryl methyl sites for hydroxylation is 1. The molecule has 1 aliphatic rings. The Morgan fingerprint density at radius 1 is 1.26 bits per heavy atom. The number of carbonyl (C=O) groups is 1. The summed E-state index contributed by atoms with van der Waals surface area (Å²) >= 11 is 4.42. The van der Waals surface area contributed by atoms with Crippen LogP contribution in [0.15, 0.2) is 72.4 Å². The maximum atomic E-state index is 13.9. The van der Waals surface area contributed by atoms with Crippen LogP contribution in [-0.4, -0.2) is 34.3 Å². The van der Waals surface area contributed by atoms with Crippen LogP contribution in [0.5, 0.6) is 11.5 Å². The summed E-state index contributed by atoms with van der Waals surface area (Å²) in [4.78, 5) is 42.9. The standard InChI is InChI=1S/C29H24BrN3O8S/c1-5-40-28(36)24-15(3)31-29-32(27(35)23(42-29)12-16-10-19(30)26(34)22(11-16)39-4)25(24)21-9-8-20(41-21)18-13-17(33(37)38)7-6-14(18)2/h6-13,25,34H,5H2,1-4H3/b23-12-/t25-/m1/s1. The van der Waals surface area contributed by atoms with Crippen LogP contribution in [0.2, 0.25) is 0 Å². The van der Waals surface area contributed by atoms with Crippen molar-refractivity contribution in [1.29, 1.82) is 0 Å². The van der Waals surface area contributed by atoms with Crippen LogP contribution in [0.3, 0.4) is 0 Å². The number of carbonyl (C=O) groups excluding carboxylic acids is 1. The van der Waals surface area contributed by atoms with E-state index in [1.807, 2.05) is 0 Å². The molecule has 0 unspecified atom stereocenters. The van der Waals surface area contributed by atoms with E-state index >= 15 is 0 Å². The Bertz CT molecular complexity index is 1970. The van der Waals surface area contributed by atoms with Crippen LogP contribution in [0.4, 0.5) is 5.69 Å². The number of nitrogens with zero attached hydrogens (tertiary/aromatic N) is 3. The quantitative estimate of drug-likeness (QED) is 0.171. The van der Waals surface area contributed by atoms with Crippen molar-refractivity contribution in [3.8, 4) is 22.8 Å². The number of allylic oxidation sites excluding steroid dienone is 1. The zero-order valence-electron chi connectivity index (χ0n) is 22.8. The van der Waals surface area contributed by atoms with Gasteiger partial charge in [0.1, 0.15) is 17.6 Å². The zero-order chi connectivity index (χ0) is 30.3. The molecule has 4 aromatic rings. The first kappa shape index (κ1) is 29.0. The van der Waals surface area contributed by atoms with Gasteiger partial charge in [-0.05, 0) is 78.2 Å². The number of thiazole rings is 1. The Kier molecular flexibility index (Phi) is 7.89. The van der Waals surface area contributed by atoms with Crippen LogP contribution in [0, 0.1) is 17.0 Å². The number of halogens is 1. The van der Waals surface area contributed by atoms with Crippen molar-refractivity contribution in [3.05, 3.63) is 105 Å².